The number of aromatic nitrogens is 1. The van der Waals surface area contributed by atoms with Crippen LogP contribution in [0.25, 0.3) is 21.8 Å². The molecule has 0 bridgehead atoms. The molecule has 5 heteroatoms. The standard InChI is InChI=1S/C21H16Br3NO/c22-14-6-8-20-18(10-14)19-11-15(23)7-9-21(19)25(20)12-16(24)13-26-17-4-2-1-3-5-17/h1-11,16H,12-13H2. The first kappa shape index (κ1) is 18.1. The lowest BCUT2D eigenvalue weighted by atomic mass is 10.2. The summed E-state index contributed by atoms with van der Waals surface area (Å²) in [5, 5.41) is 2.50. The van der Waals surface area contributed by atoms with Gasteiger partial charge in [0, 0.05) is 37.3 Å². The number of nitrogens with zero attached hydrogens (tertiary/aromatic N) is 1. The Labute approximate surface area is 177 Å². The topological polar surface area (TPSA) is 14.2 Å². The van der Waals surface area contributed by atoms with Crippen LogP contribution < -0.4 is 4.74 Å². The van der Waals surface area contributed by atoms with Crippen LogP contribution in [-0.4, -0.2) is 16.0 Å². The van der Waals surface area contributed by atoms with E-state index in [0.29, 0.717) is 6.61 Å². The van der Waals surface area contributed by atoms with E-state index in [1.807, 2.05) is 30.3 Å². The molecule has 0 aliphatic rings. The Hall–Kier alpha value is -1.30. The van der Waals surface area contributed by atoms with Crippen LogP contribution in [0.1, 0.15) is 0 Å². The molecule has 0 saturated carbocycles. The number of benzene rings is 3. The maximum absolute atomic E-state index is 5.90. The molecule has 0 radical (unpaired) electrons. The molecule has 0 N–H and O–H groups in total. The quantitative estimate of drug-likeness (QED) is 0.246. The van der Waals surface area contributed by atoms with Crippen LogP contribution in [-0.2, 0) is 6.54 Å². The molecular weight excluding hydrogens is 522 g/mol. The van der Waals surface area contributed by atoms with E-state index in [-0.39, 0.29) is 4.83 Å². The van der Waals surface area contributed by atoms with E-state index in [4.69, 9.17) is 4.74 Å². The number of ether oxygens (including phenoxy) is 1. The van der Waals surface area contributed by atoms with Crippen molar-refractivity contribution < 1.29 is 4.74 Å². The molecule has 0 saturated heterocycles. The molecule has 132 valence electrons. The highest BCUT2D eigenvalue weighted by atomic mass is 79.9. The maximum Gasteiger partial charge on any atom is 0.119 e. The zero-order chi connectivity index (χ0) is 18.1. The third-order valence-electron chi connectivity index (χ3n) is 4.34. The predicted molar refractivity (Wildman–Crippen MR) is 119 cm³/mol. The van der Waals surface area contributed by atoms with Gasteiger partial charge in [0.25, 0.3) is 0 Å². The molecule has 3 aromatic carbocycles. The van der Waals surface area contributed by atoms with Crippen molar-refractivity contribution in [1.82, 2.24) is 4.57 Å². The Bertz CT molecular complexity index is 1000. The summed E-state index contributed by atoms with van der Waals surface area (Å²) < 4.78 is 10.4. The summed E-state index contributed by atoms with van der Waals surface area (Å²) in [5.41, 5.74) is 2.45. The molecular formula is C21H16Br3NO. The van der Waals surface area contributed by atoms with Gasteiger partial charge in [-0.1, -0.05) is 66.0 Å². The van der Waals surface area contributed by atoms with E-state index in [0.717, 1.165) is 21.2 Å². The first-order valence-corrected chi connectivity index (χ1v) is 10.8. The van der Waals surface area contributed by atoms with Crippen molar-refractivity contribution in [3.63, 3.8) is 0 Å². The highest BCUT2D eigenvalue weighted by Gasteiger charge is 2.15. The maximum atomic E-state index is 5.90. The molecule has 1 unspecified atom stereocenters. The average Bonchev–Trinajstić information content (AvgIpc) is 2.93. The number of fused-ring (bicyclic) bond motifs is 3. The minimum absolute atomic E-state index is 0.203. The van der Waals surface area contributed by atoms with Crippen LogP contribution in [0.4, 0.5) is 0 Å². The van der Waals surface area contributed by atoms with Gasteiger partial charge in [0.15, 0.2) is 0 Å². The number of para-hydroxylation sites is 1. The summed E-state index contributed by atoms with van der Waals surface area (Å²) in [6, 6.07) is 22.8. The Morgan fingerprint density at radius 3 is 1.96 bits per heavy atom. The van der Waals surface area contributed by atoms with Crippen molar-refractivity contribution in [1.29, 1.82) is 0 Å². The fraction of sp³-hybridized carbons (Fsp3) is 0.143. The molecule has 1 heterocycles. The number of rotatable bonds is 5. The van der Waals surface area contributed by atoms with Gasteiger partial charge in [-0.15, -0.1) is 0 Å². The van der Waals surface area contributed by atoms with Crippen molar-refractivity contribution in [3.05, 3.63) is 75.7 Å². The molecule has 0 spiro atoms. The van der Waals surface area contributed by atoms with Crippen LogP contribution in [0.2, 0.25) is 0 Å². The van der Waals surface area contributed by atoms with Crippen LogP contribution >= 0.6 is 47.8 Å². The summed E-state index contributed by atoms with van der Waals surface area (Å²) in [5.74, 6) is 0.895. The predicted octanol–water partition coefficient (Wildman–Crippen LogP) is 7.16. The zero-order valence-electron chi connectivity index (χ0n) is 13.8. The summed E-state index contributed by atoms with van der Waals surface area (Å²) in [4.78, 5) is 0.203. The van der Waals surface area contributed by atoms with Gasteiger partial charge in [-0.25, -0.2) is 0 Å². The molecule has 0 aliphatic heterocycles. The van der Waals surface area contributed by atoms with Crippen LogP contribution in [0.3, 0.4) is 0 Å². The van der Waals surface area contributed by atoms with Gasteiger partial charge in [-0.3, -0.25) is 0 Å². The molecule has 2 nitrogen and oxygen atoms in total. The van der Waals surface area contributed by atoms with Gasteiger partial charge in [0.1, 0.15) is 12.4 Å². The van der Waals surface area contributed by atoms with E-state index in [1.165, 1.54) is 21.8 Å². The highest BCUT2D eigenvalue weighted by molar-refractivity contribution is 9.10. The monoisotopic (exact) mass is 535 g/mol. The van der Waals surface area contributed by atoms with Gasteiger partial charge in [0.2, 0.25) is 0 Å². The van der Waals surface area contributed by atoms with Gasteiger partial charge in [0.05, 0.1) is 4.83 Å². The smallest absolute Gasteiger partial charge is 0.119 e. The third-order valence-corrected chi connectivity index (χ3v) is 5.88. The molecule has 4 rings (SSSR count). The lowest BCUT2D eigenvalue weighted by Crippen LogP contribution is -2.18. The van der Waals surface area contributed by atoms with E-state index in [1.54, 1.807) is 0 Å². The number of halogens is 3. The second-order valence-electron chi connectivity index (χ2n) is 6.15. The van der Waals surface area contributed by atoms with Crippen LogP contribution in [0.5, 0.6) is 5.75 Å². The Morgan fingerprint density at radius 1 is 0.808 bits per heavy atom. The van der Waals surface area contributed by atoms with Crippen LogP contribution in [0, 0.1) is 0 Å². The normalized spacial score (nSPS) is 12.6. The van der Waals surface area contributed by atoms with Crippen molar-refractivity contribution >= 4 is 69.6 Å². The highest BCUT2D eigenvalue weighted by Crippen LogP contribution is 2.33. The molecule has 1 aromatic heterocycles. The molecule has 0 amide bonds. The van der Waals surface area contributed by atoms with Crippen LogP contribution in [0.15, 0.2) is 75.7 Å². The summed E-state index contributed by atoms with van der Waals surface area (Å²) in [6.45, 7) is 1.44. The van der Waals surface area contributed by atoms with E-state index in [9.17, 15) is 0 Å². The molecule has 0 aliphatic carbocycles. The van der Waals surface area contributed by atoms with Gasteiger partial charge < -0.3 is 9.30 Å². The van der Waals surface area contributed by atoms with Crippen molar-refractivity contribution in [2.75, 3.05) is 6.61 Å². The Morgan fingerprint density at radius 2 is 1.38 bits per heavy atom. The summed E-state index contributed by atoms with van der Waals surface area (Å²) in [7, 11) is 0. The number of hydrogen-bond acceptors (Lipinski definition) is 1. The molecule has 26 heavy (non-hydrogen) atoms. The second kappa shape index (κ2) is 7.75. The Kier molecular flexibility index (Phi) is 5.39. The number of alkyl halides is 1. The fourth-order valence-electron chi connectivity index (χ4n) is 3.20. The number of hydrogen-bond donors (Lipinski definition) is 0. The Balaban J connectivity index is 1.66. The molecule has 0 fully saturated rings. The first-order chi connectivity index (χ1) is 12.6. The van der Waals surface area contributed by atoms with E-state index in [2.05, 4.69) is 88.8 Å². The van der Waals surface area contributed by atoms with E-state index < -0.39 is 0 Å². The van der Waals surface area contributed by atoms with Gasteiger partial charge in [-0.05, 0) is 48.5 Å². The molecule has 1 atom stereocenters. The lowest BCUT2D eigenvalue weighted by molar-refractivity contribution is 0.311. The fourth-order valence-corrected chi connectivity index (χ4v) is 4.34. The average molecular weight is 538 g/mol. The lowest BCUT2D eigenvalue weighted by Gasteiger charge is -2.14. The first-order valence-electron chi connectivity index (χ1n) is 8.31. The van der Waals surface area contributed by atoms with Crippen molar-refractivity contribution in [2.24, 2.45) is 0 Å². The minimum atomic E-state index is 0.203. The van der Waals surface area contributed by atoms with Crippen molar-refractivity contribution in [3.8, 4) is 5.75 Å². The van der Waals surface area contributed by atoms with Gasteiger partial charge >= 0.3 is 0 Å². The van der Waals surface area contributed by atoms with Crippen molar-refractivity contribution in [2.45, 2.75) is 11.4 Å². The summed E-state index contributed by atoms with van der Waals surface area (Å²) in [6.07, 6.45) is 0. The minimum Gasteiger partial charge on any atom is -0.492 e. The largest absolute Gasteiger partial charge is 0.492 e. The summed E-state index contributed by atoms with van der Waals surface area (Å²) >= 11 is 11.0. The second-order valence-corrected chi connectivity index (χ2v) is 9.28. The van der Waals surface area contributed by atoms with Gasteiger partial charge in [-0.2, -0.15) is 0 Å². The van der Waals surface area contributed by atoms with E-state index >= 15 is 0 Å². The zero-order valence-corrected chi connectivity index (χ0v) is 18.6. The third kappa shape index (κ3) is 3.71. The SMILES string of the molecule is Brc1ccc2c(c1)c1cc(Br)ccc1n2CC(Br)COc1ccccc1. The molecule has 4 aromatic rings.